The van der Waals surface area contributed by atoms with E-state index in [-0.39, 0.29) is 18.5 Å². The summed E-state index contributed by atoms with van der Waals surface area (Å²) < 4.78 is 0. The molecule has 0 saturated carbocycles. The van der Waals surface area contributed by atoms with Gasteiger partial charge in [0.15, 0.2) is 0 Å². The molecule has 0 radical (unpaired) electrons. The number of thioether (sulfide) groups is 1. The van der Waals surface area contributed by atoms with Crippen molar-refractivity contribution >= 4 is 23.8 Å². The predicted molar refractivity (Wildman–Crippen MR) is 72.9 cm³/mol. The van der Waals surface area contributed by atoms with Crippen LogP contribution in [0.15, 0.2) is 0 Å². The Bertz CT molecular complexity index is 293. The Morgan fingerprint density at radius 3 is 2.78 bits per heavy atom. The van der Waals surface area contributed by atoms with Gasteiger partial charge >= 0.3 is 12.0 Å². The number of carboxylic acids is 1. The van der Waals surface area contributed by atoms with Crippen LogP contribution >= 0.6 is 11.8 Å². The number of hydrogen-bond donors (Lipinski definition) is 2. The molecule has 1 rings (SSSR count). The second-order valence-corrected chi connectivity index (χ2v) is 5.80. The molecule has 6 heteroatoms. The van der Waals surface area contributed by atoms with Gasteiger partial charge in [-0.05, 0) is 37.7 Å². The molecule has 2 N–H and O–H groups in total. The summed E-state index contributed by atoms with van der Waals surface area (Å²) in [6, 6.07) is -0.423. The molecule has 1 aliphatic rings. The summed E-state index contributed by atoms with van der Waals surface area (Å²) >= 11 is 1.92. The van der Waals surface area contributed by atoms with Crippen molar-refractivity contribution in [3.05, 3.63) is 0 Å². The highest BCUT2D eigenvalue weighted by atomic mass is 32.2. The molecule has 2 atom stereocenters. The first-order valence-corrected chi connectivity index (χ1v) is 7.54. The average Bonchev–Trinajstić information content (AvgIpc) is 2.79. The zero-order valence-corrected chi connectivity index (χ0v) is 11.8. The zero-order chi connectivity index (χ0) is 13.5. The fourth-order valence-corrected chi connectivity index (χ4v) is 3.38. The van der Waals surface area contributed by atoms with Crippen molar-refractivity contribution in [2.75, 3.05) is 24.6 Å². The molecule has 18 heavy (non-hydrogen) atoms. The molecule has 1 aliphatic heterocycles. The first-order chi connectivity index (χ1) is 8.54. The SMILES string of the molecule is CCN(C(=O)NCC1CCSC1)C(C)CC(=O)O. The summed E-state index contributed by atoms with van der Waals surface area (Å²) in [6.45, 7) is 4.85. The second kappa shape index (κ2) is 7.51. The molecular formula is C12H22N2O3S. The van der Waals surface area contributed by atoms with E-state index in [0.717, 1.165) is 12.2 Å². The highest BCUT2D eigenvalue weighted by molar-refractivity contribution is 7.99. The molecule has 5 nitrogen and oxygen atoms in total. The van der Waals surface area contributed by atoms with E-state index in [1.807, 2.05) is 18.7 Å². The largest absolute Gasteiger partial charge is 0.481 e. The van der Waals surface area contributed by atoms with Gasteiger partial charge in [-0.2, -0.15) is 11.8 Å². The first kappa shape index (κ1) is 15.1. The molecule has 0 aromatic carbocycles. The quantitative estimate of drug-likeness (QED) is 0.772. The molecule has 0 bridgehead atoms. The third-order valence-corrected chi connectivity index (χ3v) is 4.40. The van der Waals surface area contributed by atoms with Gasteiger partial charge in [0.2, 0.25) is 0 Å². The van der Waals surface area contributed by atoms with E-state index in [4.69, 9.17) is 5.11 Å². The average molecular weight is 274 g/mol. The predicted octanol–water partition coefficient (Wildman–Crippen LogP) is 1.63. The number of urea groups is 1. The Morgan fingerprint density at radius 1 is 1.56 bits per heavy atom. The van der Waals surface area contributed by atoms with Gasteiger partial charge in [-0.15, -0.1) is 0 Å². The first-order valence-electron chi connectivity index (χ1n) is 6.38. The van der Waals surface area contributed by atoms with E-state index >= 15 is 0 Å². The molecule has 104 valence electrons. The molecule has 1 saturated heterocycles. The maximum Gasteiger partial charge on any atom is 0.317 e. The van der Waals surface area contributed by atoms with E-state index in [9.17, 15) is 9.59 Å². The Balaban J connectivity index is 2.37. The minimum Gasteiger partial charge on any atom is -0.481 e. The van der Waals surface area contributed by atoms with Crippen molar-refractivity contribution in [3.8, 4) is 0 Å². The van der Waals surface area contributed by atoms with Crippen LogP contribution in [0.5, 0.6) is 0 Å². The maximum atomic E-state index is 12.0. The van der Waals surface area contributed by atoms with Crippen molar-refractivity contribution < 1.29 is 14.7 Å². The number of carbonyl (C=O) groups excluding carboxylic acids is 1. The Morgan fingerprint density at radius 2 is 2.28 bits per heavy atom. The number of amides is 2. The topological polar surface area (TPSA) is 69.6 Å². The Kier molecular flexibility index (Phi) is 6.32. The third-order valence-electron chi connectivity index (χ3n) is 3.17. The minimum atomic E-state index is -0.874. The van der Waals surface area contributed by atoms with Gasteiger partial charge in [0.25, 0.3) is 0 Å². The summed E-state index contributed by atoms with van der Waals surface area (Å²) in [5, 5.41) is 11.7. The number of carbonyl (C=O) groups is 2. The molecule has 0 aromatic heterocycles. The lowest BCUT2D eigenvalue weighted by Gasteiger charge is -2.27. The number of nitrogens with one attached hydrogen (secondary N) is 1. The van der Waals surface area contributed by atoms with Gasteiger partial charge in [-0.3, -0.25) is 4.79 Å². The summed E-state index contributed by atoms with van der Waals surface area (Å²) in [5.74, 6) is 1.97. The molecular weight excluding hydrogens is 252 g/mol. The number of hydrogen-bond acceptors (Lipinski definition) is 3. The van der Waals surface area contributed by atoms with E-state index < -0.39 is 5.97 Å². The van der Waals surface area contributed by atoms with Crippen LogP contribution in [-0.4, -0.2) is 52.6 Å². The summed E-state index contributed by atoms with van der Waals surface area (Å²) in [7, 11) is 0. The lowest BCUT2D eigenvalue weighted by atomic mass is 10.1. The molecule has 2 unspecified atom stereocenters. The van der Waals surface area contributed by atoms with Crippen LogP contribution in [0, 0.1) is 5.92 Å². The van der Waals surface area contributed by atoms with Crippen molar-refractivity contribution in [2.24, 2.45) is 5.92 Å². The fraction of sp³-hybridized carbons (Fsp3) is 0.833. The van der Waals surface area contributed by atoms with Crippen LogP contribution < -0.4 is 5.32 Å². The zero-order valence-electron chi connectivity index (χ0n) is 11.0. The third kappa shape index (κ3) is 4.76. The van der Waals surface area contributed by atoms with Gasteiger partial charge in [0.1, 0.15) is 0 Å². The van der Waals surface area contributed by atoms with Gasteiger partial charge < -0.3 is 15.3 Å². The Hall–Kier alpha value is -0.910. The van der Waals surface area contributed by atoms with E-state index in [2.05, 4.69) is 5.32 Å². The number of nitrogens with zero attached hydrogens (tertiary/aromatic N) is 1. The van der Waals surface area contributed by atoms with Gasteiger partial charge in [0.05, 0.1) is 6.42 Å². The van der Waals surface area contributed by atoms with Crippen LogP contribution in [0.4, 0.5) is 4.79 Å². The maximum absolute atomic E-state index is 12.0. The van der Waals surface area contributed by atoms with Crippen molar-refractivity contribution in [1.82, 2.24) is 10.2 Å². The molecule has 2 amide bonds. The van der Waals surface area contributed by atoms with E-state index in [1.165, 1.54) is 5.75 Å². The highest BCUT2D eigenvalue weighted by Crippen LogP contribution is 2.22. The molecule has 1 heterocycles. The van der Waals surface area contributed by atoms with Crippen molar-refractivity contribution in [2.45, 2.75) is 32.7 Å². The van der Waals surface area contributed by atoms with Crippen molar-refractivity contribution in [3.63, 3.8) is 0 Å². The fourth-order valence-electron chi connectivity index (χ4n) is 2.10. The summed E-state index contributed by atoms with van der Waals surface area (Å²) in [6.07, 6.45) is 1.14. The summed E-state index contributed by atoms with van der Waals surface area (Å²) in [4.78, 5) is 24.2. The molecule has 0 aliphatic carbocycles. The van der Waals surface area contributed by atoms with Crippen molar-refractivity contribution in [1.29, 1.82) is 0 Å². The van der Waals surface area contributed by atoms with E-state index in [1.54, 1.807) is 11.8 Å². The van der Waals surface area contributed by atoms with Gasteiger partial charge in [0, 0.05) is 19.1 Å². The highest BCUT2D eigenvalue weighted by Gasteiger charge is 2.22. The van der Waals surface area contributed by atoms with Crippen LogP contribution in [0.1, 0.15) is 26.7 Å². The number of rotatable bonds is 6. The minimum absolute atomic E-state index is 0.0134. The van der Waals surface area contributed by atoms with E-state index in [0.29, 0.717) is 19.0 Å². The number of aliphatic carboxylic acids is 1. The van der Waals surface area contributed by atoms with Gasteiger partial charge in [-0.1, -0.05) is 0 Å². The number of carboxylic acid groups (broad SMARTS) is 1. The van der Waals surface area contributed by atoms with Gasteiger partial charge in [-0.25, -0.2) is 4.79 Å². The molecule has 1 fully saturated rings. The van der Waals surface area contributed by atoms with Crippen LogP contribution in [0.25, 0.3) is 0 Å². The second-order valence-electron chi connectivity index (χ2n) is 4.65. The van der Waals surface area contributed by atoms with Crippen LogP contribution in [0.3, 0.4) is 0 Å². The standard InChI is InChI=1S/C12H22N2O3S/c1-3-14(9(2)6-11(15)16)12(17)13-7-10-4-5-18-8-10/h9-10H,3-8H2,1-2H3,(H,13,17)(H,15,16). The molecule has 0 spiro atoms. The monoisotopic (exact) mass is 274 g/mol. The van der Waals surface area contributed by atoms with Crippen LogP contribution in [-0.2, 0) is 4.79 Å². The summed E-state index contributed by atoms with van der Waals surface area (Å²) in [5.41, 5.74) is 0. The lowest BCUT2D eigenvalue weighted by molar-refractivity contribution is -0.138. The Labute approximate surface area is 112 Å². The van der Waals surface area contributed by atoms with Crippen LogP contribution in [0.2, 0.25) is 0 Å². The molecule has 0 aromatic rings. The normalized spacial score (nSPS) is 20.4. The lowest BCUT2D eigenvalue weighted by Crippen LogP contribution is -2.46. The smallest absolute Gasteiger partial charge is 0.317 e.